The molecule has 0 aliphatic rings. The molecule has 9 rings (SSSR count). The van der Waals surface area contributed by atoms with Gasteiger partial charge in [-0.05, 0) is 88.0 Å². The summed E-state index contributed by atoms with van der Waals surface area (Å²) in [6.07, 6.45) is 0. The van der Waals surface area contributed by atoms with Gasteiger partial charge in [0.2, 0.25) is 5.89 Å². The predicted octanol–water partition coefficient (Wildman–Crippen LogP) is 12.2. The first-order chi connectivity index (χ1) is 23.2. The fourth-order valence-electron chi connectivity index (χ4n) is 6.77. The zero-order valence-electron chi connectivity index (χ0n) is 25.3. The van der Waals surface area contributed by atoms with Gasteiger partial charge in [0, 0.05) is 22.0 Å². The number of nitrogens with zero attached hydrogens (tertiary/aromatic N) is 2. The number of halogens is 1. The lowest BCUT2D eigenvalue weighted by atomic mass is 9.89. The van der Waals surface area contributed by atoms with E-state index in [9.17, 15) is 0 Å². The summed E-state index contributed by atoms with van der Waals surface area (Å²) in [5.74, 6) is 0.558. The fraction of sp³-hybridized carbons (Fsp3) is 0. The van der Waals surface area contributed by atoms with E-state index in [4.69, 9.17) is 16.0 Å². The van der Waals surface area contributed by atoms with E-state index in [1.807, 2.05) is 18.2 Å². The van der Waals surface area contributed by atoms with Crippen LogP contribution < -0.4 is 0 Å². The lowest BCUT2D eigenvalue weighted by molar-refractivity contribution is 0.620. The lowest BCUT2D eigenvalue weighted by Gasteiger charge is -2.15. The van der Waals surface area contributed by atoms with Crippen molar-refractivity contribution < 1.29 is 4.42 Å². The molecule has 9 aromatic rings. The molecule has 47 heavy (non-hydrogen) atoms. The van der Waals surface area contributed by atoms with Gasteiger partial charge in [0.15, 0.2) is 5.58 Å². The molecule has 7 aromatic carbocycles. The molecule has 0 N–H and O–H groups in total. The first-order valence-corrected chi connectivity index (χ1v) is 16.0. The Labute approximate surface area is 276 Å². The van der Waals surface area contributed by atoms with Gasteiger partial charge in [-0.1, -0.05) is 121 Å². The SMILES string of the molecule is Clc1cccc2oc(-c3ccc(-c4ccccc4-c4ccccc4-c4ccc5c(c4)c4ccccc4n5-c4ccccc4)cc3)nc12. The van der Waals surface area contributed by atoms with Crippen LogP contribution in [0, 0.1) is 0 Å². The first-order valence-electron chi connectivity index (χ1n) is 15.7. The highest BCUT2D eigenvalue weighted by atomic mass is 35.5. The highest BCUT2D eigenvalue weighted by molar-refractivity contribution is 6.34. The van der Waals surface area contributed by atoms with Gasteiger partial charge in [0.1, 0.15) is 5.52 Å². The molecular formula is C43H27ClN2O. The number of aromatic nitrogens is 2. The van der Waals surface area contributed by atoms with E-state index in [0.717, 1.165) is 22.4 Å². The summed E-state index contributed by atoms with van der Waals surface area (Å²) in [5.41, 5.74) is 12.8. The second-order valence-electron chi connectivity index (χ2n) is 11.7. The molecule has 0 atom stereocenters. The highest BCUT2D eigenvalue weighted by Crippen LogP contribution is 2.41. The van der Waals surface area contributed by atoms with Gasteiger partial charge < -0.3 is 8.98 Å². The van der Waals surface area contributed by atoms with Gasteiger partial charge >= 0.3 is 0 Å². The molecule has 0 saturated heterocycles. The third-order valence-corrected chi connectivity index (χ3v) is 9.26. The maximum absolute atomic E-state index is 6.35. The molecule has 0 spiro atoms. The van der Waals surface area contributed by atoms with Crippen molar-refractivity contribution >= 4 is 44.5 Å². The first kappa shape index (κ1) is 27.4. The third kappa shape index (κ3) is 4.63. The summed E-state index contributed by atoms with van der Waals surface area (Å²) in [6, 6.07) is 57.4. The average Bonchev–Trinajstić information content (AvgIpc) is 3.73. The maximum Gasteiger partial charge on any atom is 0.227 e. The molecule has 3 nitrogen and oxygen atoms in total. The minimum atomic E-state index is 0.558. The van der Waals surface area contributed by atoms with Crippen molar-refractivity contribution in [1.82, 2.24) is 9.55 Å². The van der Waals surface area contributed by atoms with Crippen molar-refractivity contribution in [2.24, 2.45) is 0 Å². The van der Waals surface area contributed by atoms with Crippen LogP contribution in [0.4, 0.5) is 0 Å². The second kappa shape index (κ2) is 11.2. The molecule has 4 heteroatoms. The zero-order valence-corrected chi connectivity index (χ0v) is 26.0. The van der Waals surface area contributed by atoms with Gasteiger partial charge in [-0.2, -0.15) is 0 Å². The van der Waals surface area contributed by atoms with E-state index in [-0.39, 0.29) is 0 Å². The second-order valence-corrected chi connectivity index (χ2v) is 12.1. The van der Waals surface area contributed by atoms with Crippen LogP contribution in [0.5, 0.6) is 0 Å². The molecule has 0 bridgehead atoms. The number of fused-ring (bicyclic) bond motifs is 4. The molecule has 0 saturated carbocycles. The quantitative estimate of drug-likeness (QED) is 0.191. The molecule has 0 fully saturated rings. The van der Waals surface area contributed by atoms with E-state index < -0.39 is 0 Å². The van der Waals surface area contributed by atoms with Crippen LogP contribution in [0.2, 0.25) is 5.02 Å². The minimum absolute atomic E-state index is 0.558. The van der Waals surface area contributed by atoms with Crippen LogP contribution in [-0.2, 0) is 0 Å². The van der Waals surface area contributed by atoms with Crippen molar-refractivity contribution in [3.05, 3.63) is 169 Å². The summed E-state index contributed by atoms with van der Waals surface area (Å²) < 4.78 is 8.38. The van der Waals surface area contributed by atoms with E-state index in [1.54, 1.807) is 0 Å². The molecule has 0 unspecified atom stereocenters. The summed E-state index contributed by atoms with van der Waals surface area (Å²) in [7, 11) is 0. The summed E-state index contributed by atoms with van der Waals surface area (Å²) in [5, 5.41) is 3.07. The Morgan fingerprint density at radius 1 is 0.468 bits per heavy atom. The lowest BCUT2D eigenvalue weighted by Crippen LogP contribution is -1.93. The number of hydrogen-bond acceptors (Lipinski definition) is 2. The number of benzene rings is 7. The highest BCUT2D eigenvalue weighted by Gasteiger charge is 2.17. The van der Waals surface area contributed by atoms with Crippen LogP contribution in [0.15, 0.2) is 168 Å². The Kier molecular flexibility index (Phi) is 6.51. The van der Waals surface area contributed by atoms with Gasteiger partial charge in [0.05, 0.1) is 16.1 Å². The third-order valence-electron chi connectivity index (χ3n) is 8.95. The molecule has 222 valence electrons. The summed E-state index contributed by atoms with van der Waals surface area (Å²) in [4.78, 5) is 4.65. The van der Waals surface area contributed by atoms with Crippen LogP contribution in [0.1, 0.15) is 0 Å². The van der Waals surface area contributed by atoms with Gasteiger partial charge in [0.25, 0.3) is 0 Å². The van der Waals surface area contributed by atoms with Crippen LogP contribution >= 0.6 is 11.6 Å². The fourth-order valence-corrected chi connectivity index (χ4v) is 6.97. The Balaban J connectivity index is 1.14. The van der Waals surface area contributed by atoms with E-state index in [0.29, 0.717) is 22.0 Å². The monoisotopic (exact) mass is 622 g/mol. The molecule has 0 amide bonds. The smallest absolute Gasteiger partial charge is 0.227 e. The van der Waals surface area contributed by atoms with Gasteiger partial charge in [-0.15, -0.1) is 0 Å². The molecule has 0 aliphatic heterocycles. The van der Waals surface area contributed by atoms with E-state index in [2.05, 4.69) is 155 Å². The number of oxazole rings is 1. The van der Waals surface area contributed by atoms with Crippen molar-refractivity contribution in [3.63, 3.8) is 0 Å². The normalized spacial score (nSPS) is 11.5. The number of hydrogen-bond donors (Lipinski definition) is 0. The molecule has 0 aliphatic carbocycles. The molecule has 2 aromatic heterocycles. The minimum Gasteiger partial charge on any atom is -0.436 e. The largest absolute Gasteiger partial charge is 0.436 e. The molecule has 0 radical (unpaired) electrons. The Morgan fingerprint density at radius 2 is 1.06 bits per heavy atom. The van der Waals surface area contributed by atoms with Crippen molar-refractivity contribution in [1.29, 1.82) is 0 Å². The van der Waals surface area contributed by atoms with Crippen molar-refractivity contribution in [2.75, 3.05) is 0 Å². The van der Waals surface area contributed by atoms with E-state index >= 15 is 0 Å². The van der Waals surface area contributed by atoms with Crippen LogP contribution in [-0.4, -0.2) is 9.55 Å². The van der Waals surface area contributed by atoms with Crippen LogP contribution in [0.25, 0.3) is 83.4 Å². The summed E-state index contributed by atoms with van der Waals surface area (Å²) >= 11 is 6.35. The number of rotatable bonds is 5. The molecular weight excluding hydrogens is 596 g/mol. The standard InChI is InChI=1S/C43H27ClN2O/c44-38-18-10-20-41-42(38)45-43(47-41)29-23-21-28(22-24-29)32-13-4-6-15-34(32)35-16-7-5-14-33(35)30-25-26-40-37(27-30)36-17-8-9-19-39(36)46(40)31-11-2-1-3-12-31/h1-27H. The van der Waals surface area contributed by atoms with Gasteiger partial charge in [-0.25, -0.2) is 4.98 Å². The average molecular weight is 623 g/mol. The van der Waals surface area contributed by atoms with Gasteiger partial charge in [-0.3, -0.25) is 0 Å². The Morgan fingerprint density at radius 3 is 1.81 bits per heavy atom. The van der Waals surface area contributed by atoms with Crippen molar-refractivity contribution in [2.45, 2.75) is 0 Å². The maximum atomic E-state index is 6.35. The topological polar surface area (TPSA) is 31.0 Å². The van der Waals surface area contributed by atoms with Crippen LogP contribution in [0.3, 0.4) is 0 Å². The number of para-hydroxylation sites is 3. The Hall–Kier alpha value is -5.90. The Bertz CT molecular complexity index is 2580. The zero-order chi connectivity index (χ0) is 31.3. The van der Waals surface area contributed by atoms with Crippen molar-refractivity contribution in [3.8, 4) is 50.5 Å². The van der Waals surface area contributed by atoms with E-state index in [1.165, 1.54) is 44.1 Å². The summed E-state index contributed by atoms with van der Waals surface area (Å²) in [6.45, 7) is 0. The predicted molar refractivity (Wildman–Crippen MR) is 195 cm³/mol. The molecule has 2 heterocycles.